The van der Waals surface area contributed by atoms with E-state index in [1.807, 2.05) is 47.8 Å². The van der Waals surface area contributed by atoms with Crippen LogP contribution < -0.4 is 4.74 Å². The van der Waals surface area contributed by atoms with Crippen molar-refractivity contribution >= 4 is 22.9 Å². The Morgan fingerprint density at radius 1 is 1.00 bits per heavy atom. The molecule has 2 aromatic carbocycles. The number of aromatic nitrogens is 1. The minimum Gasteiger partial charge on any atom is -0.489 e. The normalized spacial score (nSPS) is 10.5. The second-order valence-electron chi connectivity index (χ2n) is 4.56. The molecular formula is C17H14ClNOS. The van der Waals surface area contributed by atoms with Gasteiger partial charge in [0.15, 0.2) is 0 Å². The number of ether oxygens (including phenoxy) is 1. The SMILES string of the molecule is ClCc1nc(-c2ccc(OCc3ccccc3)cc2)cs1. The van der Waals surface area contributed by atoms with E-state index in [2.05, 4.69) is 17.1 Å². The highest BCUT2D eigenvalue weighted by Crippen LogP contribution is 2.25. The molecule has 0 radical (unpaired) electrons. The first-order valence-electron chi connectivity index (χ1n) is 6.62. The maximum atomic E-state index is 5.78. The van der Waals surface area contributed by atoms with Gasteiger partial charge in [-0.1, -0.05) is 30.3 Å². The van der Waals surface area contributed by atoms with Gasteiger partial charge < -0.3 is 4.74 Å². The molecule has 106 valence electrons. The number of hydrogen-bond donors (Lipinski definition) is 0. The highest BCUT2D eigenvalue weighted by Gasteiger charge is 2.04. The molecule has 0 saturated carbocycles. The lowest BCUT2D eigenvalue weighted by molar-refractivity contribution is 0.306. The molecule has 0 N–H and O–H groups in total. The Bertz CT molecular complexity index is 694. The highest BCUT2D eigenvalue weighted by atomic mass is 35.5. The fraction of sp³-hybridized carbons (Fsp3) is 0.118. The van der Waals surface area contributed by atoms with Gasteiger partial charge in [0.1, 0.15) is 17.4 Å². The van der Waals surface area contributed by atoms with Gasteiger partial charge in [0.25, 0.3) is 0 Å². The zero-order chi connectivity index (χ0) is 14.5. The van der Waals surface area contributed by atoms with Crippen molar-refractivity contribution in [2.24, 2.45) is 0 Å². The smallest absolute Gasteiger partial charge is 0.119 e. The molecule has 0 aliphatic heterocycles. The lowest BCUT2D eigenvalue weighted by Crippen LogP contribution is -1.94. The van der Waals surface area contributed by atoms with Gasteiger partial charge in [0, 0.05) is 10.9 Å². The number of thiazole rings is 1. The van der Waals surface area contributed by atoms with Crippen molar-refractivity contribution in [1.29, 1.82) is 0 Å². The average molecular weight is 316 g/mol. The van der Waals surface area contributed by atoms with Crippen LogP contribution in [0.5, 0.6) is 5.75 Å². The van der Waals surface area contributed by atoms with Crippen LogP contribution in [0.25, 0.3) is 11.3 Å². The van der Waals surface area contributed by atoms with Gasteiger partial charge in [0.05, 0.1) is 11.6 Å². The van der Waals surface area contributed by atoms with Crippen LogP contribution >= 0.6 is 22.9 Å². The van der Waals surface area contributed by atoms with E-state index in [0.717, 1.165) is 27.6 Å². The first-order chi connectivity index (χ1) is 10.3. The van der Waals surface area contributed by atoms with E-state index in [-0.39, 0.29) is 0 Å². The number of rotatable bonds is 5. The molecule has 0 aliphatic carbocycles. The average Bonchev–Trinajstić information content (AvgIpc) is 3.03. The second-order valence-corrected chi connectivity index (χ2v) is 5.77. The summed E-state index contributed by atoms with van der Waals surface area (Å²) in [6.07, 6.45) is 0. The summed E-state index contributed by atoms with van der Waals surface area (Å²) in [5, 5.41) is 2.97. The van der Waals surface area contributed by atoms with Gasteiger partial charge in [-0.3, -0.25) is 0 Å². The van der Waals surface area contributed by atoms with E-state index >= 15 is 0 Å². The fourth-order valence-electron chi connectivity index (χ4n) is 1.97. The summed E-state index contributed by atoms with van der Waals surface area (Å²) < 4.78 is 5.77. The van der Waals surface area contributed by atoms with Gasteiger partial charge in [-0.05, 0) is 29.8 Å². The fourth-order valence-corrected chi connectivity index (χ4v) is 2.87. The molecule has 2 nitrogen and oxygen atoms in total. The van der Waals surface area contributed by atoms with Crippen LogP contribution in [0.3, 0.4) is 0 Å². The van der Waals surface area contributed by atoms with Crippen LogP contribution in [0.1, 0.15) is 10.6 Å². The van der Waals surface area contributed by atoms with Crippen molar-refractivity contribution in [1.82, 2.24) is 4.98 Å². The minimum absolute atomic E-state index is 0.461. The summed E-state index contributed by atoms with van der Waals surface area (Å²) in [5.74, 6) is 1.32. The summed E-state index contributed by atoms with van der Waals surface area (Å²) in [7, 11) is 0. The highest BCUT2D eigenvalue weighted by molar-refractivity contribution is 7.10. The Morgan fingerprint density at radius 2 is 1.76 bits per heavy atom. The summed E-state index contributed by atoms with van der Waals surface area (Å²) in [6, 6.07) is 18.1. The predicted octanol–water partition coefficient (Wildman–Crippen LogP) is 5.13. The molecular weight excluding hydrogens is 302 g/mol. The minimum atomic E-state index is 0.461. The Kier molecular flexibility index (Phi) is 4.53. The Morgan fingerprint density at radius 3 is 2.43 bits per heavy atom. The van der Waals surface area contributed by atoms with E-state index in [0.29, 0.717) is 12.5 Å². The van der Waals surface area contributed by atoms with Crippen molar-refractivity contribution in [2.45, 2.75) is 12.5 Å². The zero-order valence-electron chi connectivity index (χ0n) is 11.3. The van der Waals surface area contributed by atoms with Crippen molar-refractivity contribution in [3.05, 3.63) is 70.5 Å². The largest absolute Gasteiger partial charge is 0.489 e. The van der Waals surface area contributed by atoms with Crippen LogP contribution in [0.15, 0.2) is 60.0 Å². The number of hydrogen-bond acceptors (Lipinski definition) is 3. The number of nitrogens with zero attached hydrogens (tertiary/aromatic N) is 1. The lowest BCUT2D eigenvalue weighted by Gasteiger charge is -2.06. The molecule has 0 fully saturated rings. The number of alkyl halides is 1. The first kappa shape index (κ1) is 14.1. The van der Waals surface area contributed by atoms with E-state index < -0.39 is 0 Å². The van der Waals surface area contributed by atoms with Gasteiger partial charge in [-0.25, -0.2) is 4.98 Å². The maximum absolute atomic E-state index is 5.78. The molecule has 0 unspecified atom stereocenters. The number of benzene rings is 2. The van der Waals surface area contributed by atoms with E-state index in [1.165, 1.54) is 0 Å². The second kappa shape index (κ2) is 6.74. The molecule has 1 heterocycles. The van der Waals surface area contributed by atoms with Crippen LogP contribution in [-0.4, -0.2) is 4.98 Å². The topological polar surface area (TPSA) is 22.1 Å². The predicted molar refractivity (Wildman–Crippen MR) is 87.9 cm³/mol. The molecule has 0 spiro atoms. The maximum Gasteiger partial charge on any atom is 0.119 e. The van der Waals surface area contributed by atoms with Gasteiger partial charge in [0.2, 0.25) is 0 Å². The molecule has 0 aliphatic rings. The summed E-state index contributed by atoms with van der Waals surface area (Å²) in [6.45, 7) is 0.577. The first-order valence-corrected chi connectivity index (χ1v) is 8.04. The molecule has 1 aromatic heterocycles. The van der Waals surface area contributed by atoms with Crippen molar-refractivity contribution in [2.75, 3.05) is 0 Å². The number of halogens is 1. The third-order valence-electron chi connectivity index (χ3n) is 3.06. The monoisotopic (exact) mass is 315 g/mol. The third-order valence-corrected chi connectivity index (χ3v) is 4.32. The Hall–Kier alpha value is -1.84. The van der Waals surface area contributed by atoms with Crippen molar-refractivity contribution in [3.63, 3.8) is 0 Å². The van der Waals surface area contributed by atoms with Crippen molar-refractivity contribution in [3.8, 4) is 17.0 Å². The molecule has 4 heteroatoms. The summed E-state index contributed by atoms with van der Waals surface area (Å²) in [5.41, 5.74) is 3.20. The molecule has 0 bridgehead atoms. The van der Waals surface area contributed by atoms with Gasteiger partial charge in [-0.15, -0.1) is 22.9 Å². The molecule has 0 saturated heterocycles. The van der Waals surface area contributed by atoms with E-state index in [4.69, 9.17) is 16.3 Å². The van der Waals surface area contributed by atoms with Gasteiger partial charge >= 0.3 is 0 Å². The molecule has 21 heavy (non-hydrogen) atoms. The Balaban J connectivity index is 1.66. The Labute approximate surface area is 133 Å². The molecule has 3 aromatic rings. The summed E-state index contributed by atoms with van der Waals surface area (Å²) >= 11 is 7.36. The molecule has 3 rings (SSSR count). The standard InChI is InChI=1S/C17H14ClNOS/c18-10-17-19-16(12-21-17)14-6-8-15(9-7-14)20-11-13-4-2-1-3-5-13/h1-9,12H,10-11H2. The lowest BCUT2D eigenvalue weighted by atomic mass is 10.2. The van der Waals surface area contributed by atoms with E-state index in [9.17, 15) is 0 Å². The zero-order valence-corrected chi connectivity index (χ0v) is 12.9. The van der Waals surface area contributed by atoms with Crippen LogP contribution in [0.2, 0.25) is 0 Å². The van der Waals surface area contributed by atoms with Crippen LogP contribution in [-0.2, 0) is 12.5 Å². The quantitative estimate of drug-likeness (QED) is 0.609. The van der Waals surface area contributed by atoms with E-state index in [1.54, 1.807) is 11.3 Å². The van der Waals surface area contributed by atoms with Crippen LogP contribution in [0.4, 0.5) is 0 Å². The van der Waals surface area contributed by atoms with Gasteiger partial charge in [-0.2, -0.15) is 0 Å². The molecule has 0 atom stereocenters. The third kappa shape index (κ3) is 3.63. The molecule has 0 amide bonds. The van der Waals surface area contributed by atoms with Crippen LogP contribution in [0, 0.1) is 0 Å². The van der Waals surface area contributed by atoms with Crippen molar-refractivity contribution < 1.29 is 4.74 Å². The summed E-state index contributed by atoms with van der Waals surface area (Å²) in [4.78, 5) is 4.47.